The first-order valence-corrected chi connectivity index (χ1v) is 6.62. The van der Waals surface area contributed by atoms with Crippen LogP contribution >= 0.6 is 0 Å². The average Bonchev–Trinajstić information content (AvgIpc) is 2.81. The molecule has 0 fully saturated rings. The normalized spacial score (nSPS) is 15.5. The van der Waals surface area contributed by atoms with E-state index in [4.69, 9.17) is 5.11 Å². The summed E-state index contributed by atoms with van der Waals surface area (Å²) >= 11 is 0. The fourth-order valence-electron chi connectivity index (χ4n) is 2.47. The van der Waals surface area contributed by atoms with E-state index in [9.17, 15) is 13.2 Å². The second-order valence-electron chi connectivity index (χ2n) is 5.34. The summed E-state index contributed by atoms with van der Waals surface area (Å²) in [5.41, 5.74) is -0.145. The lowest BCUT2D eigenvalue weighted by molar-refractivity contribution is -0.136. The van der Waals surface area contributed by atoms with Crippen LogP contribution in [0.2, 0.25) is 0 Å². The Morgan fingerprint density at radius 2 is 1.95 bits per heavy atom. The van der Waals surface area contributed by atoms with Gasteiger partial charge in [-0.15, -0.1) is 0 Å². The van der Waals surface area contributed by atoms with Crippen molar-refractivity contribution < 1.29 is 18.3 Å². The largest absolute Gasteiger partial charge is 0.418 e. The molecular formula is C15H18F3NO. The molecule has 0 aliphatic heterocycles. The second kappa shape index (κ2) is 5.13. The quantitative estimate of drug-likeness (QED) is 0.866. The molecule has 1 aromatic heterocycles. The maximum Gasteiger partial charge on any atom is 0.418 e. The van der Waals surface area contributed by atoms with E-state index in [1.165, 1.54) is 6.07 Å². The highest BCUT2D eigenvalue weighted by atomic mass is 19.4. The Kier molecular flexibility index (Phi) is 3.82. The molecule has 1 aromatic carbocycles. The molecule has 0 aliphatic carbocycles. The number of nitrogens with one attached hydrogen (secondary N) is 1. The van der Waals surface area contributed by atoms with Gasteiger partial charge in [-0.1, -0.05) is 26.0 Å². The summed E-state index contributed by atoms with van der Waals surface area (Å²) in [6.07, 6.45) is -3.12. The lowest BCUT2D eigenvalue weighted by atomic mass is 9.81. The molecule has 20 heavy (non-hydrogen) atoms. The number of para-hydroxylation sites is 1. The van der Waals surface area contributed by atoms with Crippen LogP contribution in [0.15, 0.2) is 24.3 Å². The summed E-state index contributed by atoms with van der Waals surface area (Å²) in [4.78, 5) is 2.92. The number of rotatable bonds is 4. The first kappa shape index (κ1) is 14.9. The van der Waals surface area contributed by atoms with Crippen LogP contribution in [0.3, 0.4) is 0 Å². The average molecular weight is 285 g/mol. The van der Waals surface area contributed by atoms with Crippen molar-refractivity contribution in [1.82, 2.24) is 4.98 Å². The van der Waals surface area contributed by atoms with Gasteiger partial charge in [-0.3, -0.25) is 0 Å². The third kappa shape index (κ3) is 2.54. The maximum absolute atomic E-state index is 13.0. The predicted octanol–water partition coefficient (Wildman–Crippen LogP) is 4.24. The number of H-pyrrole nitrogens is 1. The molecule has 2 N–H and O–H groups in total. The number of aromatic nitrogens is 1. The van der Waals surface area contributed by atoms with E-state index >= 15 is 0 Å². The van der Waals surface area contributed by atoms with Gasteiger partial charge in [0.05, 0.1) is 11.1 Å². The molecule has 0 saturated heterocycles. The Morgan fingerprint density at radius 3 is 2.50 bits per heavy atom. The third-order valence-electron chi connectivity index (χ3n) is 4.06. The Balaban J connectivity index is 2.59. The monoisotopic (exact) mass is 285 g/mol. The van der Waals surface area contributed by atoms with Crippen LogP contribution in [-0.4, -0.2) is 16.7 Å². The zero-order chi connectivity index (χ0) is 15.0. The molecule has 0 spiro atoms. The first-order chi connectivity index (χ1) is 9.31. The minimum absolute atomic E-state index is 0.00579. The van der Waals surface area contributed by atoms with Crippen molar-refractivity contribution in [2.45, 2.75) is 38.3 Å². The van der Waals surface area contributed by atoms with Crippen molar-refractivity contribution in [3.63, 3.8) is 0 Å². The molecule has 0 radical (unpaired) electrons. The van der Waals surface area contributed by atoms with Gasteiger partial charge in [-0.2, -0.15) is 13.2 Å². The molecule has 0 aliphatic rings. The fraction of sp³-hybridized carbons (Fsp3) is 0.467. The van der Waals surface area contributed by atoms with Gasteiger partial charge >= 0.3 is 6.18 Å². The summed E-state index contributed by atoms with van der Waals surface area (Å²) in [5, 5.41) is 9.71. The molecule has 1 atom stereocenters. The van der Waals surface area contributed by atoms with Gasteiger partial charge in [-0.05, 0) is 25.0 Å². The molecule has 1 unspecified atom stereocenters. The number of hydrogen-bond acceptors (Lipinski definition) is 1. The molecule has 2 rings (SSSR count). The summed E-state index contributed by atoms with van der Waals surface area (Å²) in [7, 11) is 0. The van der Waals surface area contributed by atoms with Crippen molar-refractivity contribution in [3.05, 3.63) is 35.5 Å². The molecular weight excluding hydrogens is 267 g/mol. The van der Waals surface area contributed by atoms with E-state index in [2.05, 4.69) is 4.98 Å². The molecule has 0 amide bonds. The van der Waals surface area contributed by atoms with Crippen LogP contribution < -0.4 is 0 Å². The van der Waals surface area contributed by atoms with Crippen molar-refractivity contribution in [3.8, 4) is 0 Å². The smallest absolute Gasteiger partial charge is 0.396 e. The minimum atomic E-state index is -4.37. The van der Waals surface area contributed by atoms with Crippen molar-refractivity contribution in [1.29, 1.82) is 0 Å². The molecule has 0 bridgehead atoms. The Bertz CT molecular complexity index is 603. The summed E-state index contributed by atoms with van der Waals surface area (Å²) in [6.45, 7) is 3.92. The van der Waals surface area contributed by atoms with Gasteiger partial charge in [-0.25, -0.2) is 0 Å². The second-order valence-corrected chi connectivity index (χ2v) is 5.34. The number of aliphatic hydroxyl groups is 1. The van der Waals surface area contributed by atoms with Crippen LogP contribution in [0.25, 0.3) is 10.9 Å². The lowest BCUT2D eigenvalue weighted by Crippen LogP contribution is -2.22. The summed E-state index contributed by atoms with van der Waals surface area (Å²) in [5.74, 6) is 0. The van der Waals surface area contributed by atoms with E-state index in [0.29, 0.717) is 11.8 Å². The molecule has 2 aromatic rings. The Morgan fingerprint density at radius 1 is 1.25 bits per heavy atom. The van der Waals surface area contributed by atoms with E-state index in [-0.39, 0.29) is 17.5 Å². The van der Waals surface area contributed by atoms with Crippen LogP contribution in [0.1, 0.15) is 37.9 Å². The number of benzene rings is 1. The highest BCUT2D eigenvalue weighted by molar-refractivity contribution is 5.84. The van der Waals surface area contributed by atoms with E-state index < -0.39 is 11.7 Å². The zero-order valence-corrected chi connectivity index (χ0v) is 11.5. The van der Waals surface area contributed by atoms with Crippen LogP contribution in [0.5, 0.6) is 0 Å². The summed E-state index contributed by atoms with van der Waals surface area (Å²) < 4.78 is 39.0. The van der Waals surface area contributed by atoms with Gasteiger partial charge in [0.15, 0.2) is 0 Å². The van der Waals surface area contributed by atoms with Gasteiger partial charge in [0.1, 0.15) is 0 Å². The molecule has 0 saturated carbocycles. The van der Waals surface area contributed by atoms with Gasteiger partial charge in [0, 0.05) is 23.1 Å². The third-order valence-corrected chi connectivity index (χ3v) is 4.06. The summed E-state index contributed by atoms with van der Waals surface area (Å²) in [6, 6.07) is 5.92. The standard InChI is InChI=1S/C15H18F3NO/c1-3-14(2,7-8-20)12-9-10-5-4-6-11(13(10)19-12)15(16,17)18/h4-6,9,19-20H,3,7-8H2,1-2H3. The van der Waals surface area contributed by atoms with E-state index in [1.54, 1.807) is 12.1 Å². The SMILES string of the molecule is CCC(C)(CCO)c1cc2cccc(C(F)(F)F)c2[nH]1. The highest BCUT2D eigenvalue weighted by Gasteiger charge is 2.34. The Labute approximate surface area is 115 Å². The van der Waals surface area contributed by atoms with Gasteiger partial charge in [0.2, 0.25) is 0 Å². The molecule has 2 nitrogen and oxygen atoms in total. The van der Waals surface area contributed by atoms with E-state index in [1.807, 2.05) is 13.8 Å². The van der Waals surface area contributed by atoms with Crippen molar-refractivity contribution in [2.24, 2.45) is 0 Å². The highest BCUT2D eigenvalue weighted by Crippen LogP contribution is 2.38. The number of aromatic amines is 1. The zero-order valence-electron chi connectivity index (χ0n) is 11.5. The Hall–Kier alpha value is -1.49. The number of alkyl halides is 3. The first-order valence-electron chi connectivity index (χ1n) is 6.62. The van der Waals surface area contributed by atoms with Crippen LogP contribution in [0.4, 0.5) is 13.2 Å². The van der Waals surface area contributed by atoms with Gasteiger partial charge in [0.25, 0.3) is 0 Å². The minimum Gasteiger partial charge on any atom is -0.396 e. The topological polar surface area (TPSA) is 36.0 Å². The number of fused-ring (bicyclic) bond motifs is 1. The number of hydrogen-bond donors (Lipinski definition) is 2. The lowest BCUT2D eigenvalue weighted by Gasteiger charge is -2.26. The number of halogens is 3. The van der Waals surface area contributed by atoms with Gasteiger partial charge < -0.3 is 10.1 Å². The van der Waals surface area contributed by atoms with Crippen molar-refractivity contribution in [2.75, 3.05) is 6.61 Å². The maximum atomic E-state index is 13.0. The molecule has 110 valence electrons. The molecule has 1 heterocycles. The predicted molar refractivity (Wildman–Crippen MR) is 72.6 cm³/mol. The van der Waals surface area contributed by atoms with Crippen LogP contribution in [0, 0.1) is 0 Å². The molecule has 5 heteroatoms. The van der Waals surface area contributed by atoms with Crippen LogP contribution in [-0.2, 0) is 11.6 Å². The number of aliphatic hydroxyl groups excluding tert-OH is 1. The van der Waals surface area contributed by atoms with E-state index in [0.717, 1.165) is 18.2 Å². The fourth-order valence-corrected chi connectivity index (χ4v) is 2.47. The van der Waals surface area contributed by atoms with Crippen molar-refractivity contribution >= 4 is 10.9 Å².